The third-order valence-corrected chi connectivity index (χ3v) is 1.39. The summed E-state index contributed by atoms with van der Waals surface area (Å²) in [4.78, 5) is 0. The fourth-order valence-electron chi connectivity index (χ4n) is 0.367. The van der Waals surface area contributed by atoms with Gasteiger partial charge in [0.15, 0.2) is 0 Å². The molecule has 0 N–H and O–H groups in total. The molecule has 0 atom stereocenters. The van der Waals surface area contributed by atoms with E-state index >= 15 is 0 Å². The SMILES string of the molecule is CCOC[O][Al+][O]COCC. The summed E-state index contributed by atoms with van der Waals surface area (Å²) in [5.74, 6) is 0. The Labute approximate surface area is 74.1 Å². The van der Waals surface area contributed by atoms with Gasteiger partial charge in [-0.1, -0.05) is 0 Å². The summed E-state index contributed by atoms with van der Waals surface area (Å²) < 4.78 is 19.8. The number of hydrogen-bond acceptors (Lipinski definition) is 4. The maximum atomic E-state index is 4.98. The summed E-state index contributed by atoms with van der Waals surface area (Å²) in [6, 6.07) is 0. The van der Waals surface area contributed by atoms with Gasteiger partial charge in [0.25, 0.3) is 0 Å². The Morgan fingerprint density at radius 1 is 0.909 bits per heavy atom. The molecule has 0 bridgehead atoms. The predicted molar refractivity (Wildman–Crippen MR) is 40.9 cm³/mol. The number of hydrogen-bond donors (Lipinski definition) is 0. The molecule has 11 heavy (non-hydrogen) atoms. The van der Waals surface area contributed by atoms with Gasteiger partial charge in [-0.15, -0.1) is 0 Å². The minimum atomic E-state index is -0.439. The van der Waals surface area contributed by atoms with E-state index in [2.05, 4.69) is 0 Å². The fourth-order valence-corrected chi connectivity index (χ4v) is 0.766. The van der Waals surface area contributed by atoms with Crippen LogP contribution in [0.2, 0.25) is 0 Å². The van der Waals surface area contributed by atoms with Gasteiger partial charge in [0.05, 0.1) is 0 Å². The van der Waals surface area contributed by atoms with Crippen LogP contribution in [0.5, 0.6) is 0 Å². The molecule has 0 aromatic rings. The van der Waals surface area contributed by atoms with Gasteiger partial charge in [0.1, 0.15) is 0 Å². The van der Waals surface area contributed by atoms with E-state index in [1.807, 2.05) is 13.8 Å². The quantitative estimate of drug-likeness (QED) is 0.308. The fraction of sp³-hybridized carbons (Fsp3) is 1.00. The van der Waals surface area contributed by atoms with Crippen molar-refractivity contribution in [2.75, 3.05) is 26.8 Å². The van der Waals surface area contributed by atoms with Crippen LogP contribution in [0.4, 0.5) is 0 Å². The van der Waals surface area contributed by atoms with Crippen LogP contribution in [-0.4, -0.2) is 42.7 Å². The molecular formula is C6H14AlO4+. The van der Waals surface area contributed by atoms with Crippen molar-refractivity contribution in [3.05, 3.63) is 0 Å². The van der Waals surface area contributed by atoms with Crippen LogP contribution in [0.25, 0.3) is 0 Å². The standard InChI is InChI=1S/2C3H7O2.Al/c2*1-2-5-3-4;/h2*2-3H2,1H3;/q2*-1;+3. The summed E-state index contributed by atoms with van der Waals surface area (Å²) in [7, 11) is 0. The van der Waals surface area contributed by atoms with E-state index < -0.39 is 15.9 Å². The van der Waals surface area contributed by atoms with Gasteiger partial charge in [-0.2, -0.15) is 0 Å². The Bertz CT molecular complexity index is 63.6. The van der Waals surface area contributed by atoms with E-state index in [1.54, 1.807) is 0 Å². The maximum absolute atomic E-state index is 4.98. The van der Waals surface area contributed by atoms with Crippen molar-refractivity contribution in [1.29, 1.82) is 0 Å². The first kappa shape index (κ1) is 11.4. The molecule has 0 aromatic carbocycles. The third-order valence-electron chi connectivity index (χ3n) is 0.847. The first-order valence-corrected chi connectivity index (χ1v) is 4.56. The molecule has 0 amide bonds. The topological polar surface area (TPSA) is 36.9 Å². The van der Waals surface area contributed by atoms with Gasteiger partial charge >= 0.3 is 73.6 Å². The average Bonchev–Trinajstić information content (AvgIpc) is 2.03. The van der Waals surface area contributed by atoms with Crippen LogP contribution in [0.3, 0.4) is 0 Å². The second-order valence-electron chi connectivity index (χ2n) is 1.65. The van der Waals surface area contributed by atoms with Gasteiger partial charge in [0, 0.05) is 0 Å². The van der Waals surface area contributed by atoms with E-state index in [4.69, 9.17) is 17.1 Å². The van der Waals surface area contributed by atoms with Gasteiger partial charge in [0.2, 0.25) is 0 Å². The number of rotatable bonds is 8. The van der Waals surface area contributed by atoms with Gasteiger partial charge in [-0.25, -0.2) is 0 Å². The summed E-state index contributed by atoms with van der Waals surface area (Å²) >= 11 is -0.439. The summed E-state index contributed by atoms with van der Waals surface area (Å²) in [5.41, 5.74) is 0. The van der Waals surface area contributed by atoms with Crippen molar-refractivity contribution in [3.63, 3.8) is 0 Å². The normalized spacial score (nSPS) is 9.64. The van der Waals surface area contributed by atoms with Gasteiger partial charge in [-0.05, 0) is 0 Å². The molecule has 0 rings (SSSR count). The molecule has 5 heteroatoms. The van der Waals surface area contributed by atoms with E-state index in [-0.39, 0.29) is 0 Å². The molecular weight excluding hydrogens is 163 g/mol. The van der Waals surface area contributed by atoms with Gasteiger partial charge in [-0.3, -0.25) is 0 Å². The minimum absolute atomic E-state index is 0.317. The average molecular weight is 177 g/mol. The van der Waals surface area contributed by atoms with Crippen LogP contribution in [0.15, 0.2) is 0 Å². The Kier molecular flexibility index (Phi) is 10.7. The first-order valence-electron chi connectivity index (χ1n) is 3.62. The summed E-state index contributed by atoms with van der Waals surface area (Å²) in [6.45, 7) is 5.81. The molecule has 0 saturated carbocycles. The molecule has 0 unspecified atom stereocenters. The van der Waals surface area contributed by atoms with Crippen LogP contribution >= 0.6 is 0 Å². The van der Waals surface area contributed by atoms with Crippen molar-refractivity contribution >= 4 is 15.9 Å². The van der Waals surface area contributed by atoms with Crippen LogP contribution in [0.1, 0.15) is 13.8 Å². The molecule has 0 spiro atoms. The molecule has 0 heterocycles. The van der Waals surface area contributed by atoms with Crippen molar-refractivity contribution in [3.8, 4) is 0 Å². The van der Waals surface area contributed by atoms with Crippen molar-refractivity contribution in [2.24, 2.45) is 0 Å². The zero-order chi connectivity index (χ0) is 8.36. The summed E-state index contributed by atoms with van der Waals surface area (Å²) in [5, 5.41) is 0. The molecule has 64 valence electrons. The molecule has 0 saturated heterocycles. The summed E-state index contributed by atoms with van der Waals surface area (Å²) in [6.07, 6.45) is 0. The molecule has 0 aromatic heterocycles. The van der Waals surface area contributed by atoms with Gasteiger partial charge < -0.3 is 0 Å². The Balaban J connectivity index is 2.69. The molecule has 0 aliphatic carbocycles. The molecule has 0 fully saturated rings. The zero-order valence-electron chi connectivity index (χ0n) is 7.04. The molecule has 4 nitrogen and oxygen atoms in total. The van der Waals surface area contributed by atoms with E-state index in [0.29, 0.717) is 26.8 Å². The van der Waals surface area contributed by atoms with E-state index in [9.17, 15) is 0 Å². The Morgan fingerprint density at radius 2 is 1.36 bits per heavy atom. The Hall–Kier alpha value is 0.372. The van der Waals surface area contributed by atoms with Crippen LogP contribution < -0.4 is 0 Å². The monoisotopic (exact) mass is 177 g/mol. The Morgan fingerprint density at radius 3 is 1.73 bits per heavy atom. The van der Waals surface area contributed by atoms with Crippen LogP contribution in [0, 0.1) is 0 Å². The first-order chi connectivity index (χ1) is 5.41. The third kappa shape index (κ3) is 10.4. The predicted octanol–water partition coefficient (Wildman–Crippen LogP) is 0.542. The van der Waals surface area contributed by atoms with Crippen molar-refractivity contribution in [2.45, 2.75) is 13.8 Å². The molecule has 0 aliphatic heterocycles. The zero-order valence-corrected chi connectivity index (χ0v) is 8.19. The number of ether oxygens (including phenoxy) is 2. The van der Waals surface area contributed by atoms with Crippen LogP contribution in [-0.2, 0) is 17.1 Å². The molecule has 0 aliphatic rings. The van der Waals surface area contributed by atoms with E-state index in [0.717, 1.165) is 0 Å². The second-order valence-corrected chi connectivity index (χ2v) is 2.51. The van der Waals surface area contributed by atoms with Crippen molar-refractivity contribution in [1.82, 2.24) is 0 Å². The van der Waals surface area contributed by atoms with Crippen molar-refractivity contribution < 1.29 is 17.1 Å². The molecule has 0 radical (unpaired) electrons. The second kappa shape index (κ2) is 10.4. The van der Waals surface area contributed by atoms with E-state index in [1.165, 1.54) is 0 Å².